The molecule has 1 amide bonds. The molecule has 0 unspecified atom stereocenters. The van der Waals surface area contributed by atoms with Crippen molar-refractivity contribution in [2.75, 3.05) is 5.73 Å². The van der Waals surface area contributed by atoms with Crippen molar-refractivity contribution in [2.24, 2.45) is 0 Å². The van der Waals surface area contributed by atoms with Crippen LogP contribution in [0.25, 0.3) is 0 Å². The van der Waals surface area contributed by atoms with Gasteiger partial charge in [0.25, 0.3) is 5.91 Å². The molecule has 20 heavy (non-hydrogen) atoms. The quantitative estimate of drug-likeness (QED) is 0.907. The lowest BCUT2D eigenvalue weighted by molar-refractivity contribution is 0.0938. The second-order valence-electron chi connectivity index (χ2n) is 4.66. The van der Waals surface area contributed by atoms with Gasteiger partial charge in [-0.2, -0.15) is 0 Å². The summed E-state index contributed by atoms with van der Waals surface area (Å²) >= 11 is 1.21. The van der Waals surface area contributed by atoms with Crippen molar-refractivity contribution in [2.45, 2.75) is 33.2 Å². The highest BCUT2D eigenvalue weighted by Gasteiger charge is 2.19. The van der Waals surface area contributed by atoms with Crippen LogP contribution in [0.5, 0.6) is 0 Å². The number of carbonyl (C=O) groups excluding carboxylic acids is 1. The van der Waals surface area contributed by atoms with Crippen LogP contribution in [-0.2, 0) is 0 Å². The summed E-state index contributed by atoms with van der Waals surface area (Å²) in [4.78, 5) is 21.3. The van der Waals surface area contributed by atoms with Crippen LogP contribution in [-0.4, -0.2) is 15.9 Å². The van der Waals surface area contributed by atoms with Crippen molar-refractivity contribution in [3.63, 3.8) is 0 Å². The number of nitrogens with two attached hydrogens (primary N) is 1. The molecule has 0 aliphatic heterocycles. The van der Waals surface area contributed by atoms with Gasteiger partial charge < -0.3 is 11.1 Å². The van der Waals surface area contributed by atoms with Crippen molar-refractivity contribution in [1.29, 1.82) is 0 Å². The van der Waals surface area contributed by atoms with Gasteiger partial charge in [-0.3, -0.25) is 9.78 Å². The smallest absolute Gasteiger partial charge is 0.263 e. The number of nitrogen functional groups attached to an aromatic ring is 1. The summed E-state index contributed by atoms with van der Waals surface area (Å²) in [6, 6.07) is 3.82. The van der Waals surface area contributed by atoms with Crippen LogP contribution in [0.2, 0.25) is 0 Å². The van der Waals surface area contributed by atoms with Gasteiger partial charge in [0.2, 0.25) is 0 Å². The highest BCUT2D eigenvalue weighted by Crippen LogP contribution is 2.22. The molecule has 106 valence electrons. The number of anilines is 1. The molecule has 0 saturated heterocycles. The summed E-state index contributed by atoms with van der Waals surface area (Å²) in [5.41, 5.74) is 8.29. The summed E-state index contributed by atoms with van der Waals surface area (Å²) in [6.45, 7) is 5.81. The van der Waals surface area contributed by atoms with Crippen LogP contribution < -0.4 is 11.1 Å². The predicted octanol–water partition coefficient (Wildman–Crippen LogP) is 2.62. The number of hydrogen-bond acceptors (Lipinski definition) is 5. The first-order chi connectivity index (χ1) is 9.51. The fourth-order valence-corrected chi connectivity index (χ4v) is 2.72. The number of carbonyl (C=O) groups is 1. The van der Waals surface area contributed by atoms with E-state index in [1.807, 2.05) is 26.0 Å². The Morgan fingerprint density at radius 2 is 2.25 bits per heavy atom. The first kappa shape index (κ1) is 14.5. The number of hydrogen-bond donors (Lipinski definition) is 2. The molecule has 0 saturated carbocycles. The van der Waals surface area contributed by atoms with E-state index in [0.717, 1.165) is 17.7 Å². The van der Waals surface area contributed by atoms with Crippen LogP contribution in [0.15, 0.2) is 18.3 Å². The second-order valence-corrected chi connectivity index (χ2v) is 5.69. The molecule has 2 heterocycles. The molecular weight excluding hydrogens is 272 g/mol. The first-order valence-electron chi connectivity index (χ1n) is 6.47. The molecule has 0 spiro atoms. The van der Waals surface area contributed by atoms with Crippen molar-refractivity contribution >= 4 is 22.4 Å². The van der Waals surface area contributed by atoms with Crippen molar-refractivity contribution < 1.29 is 4.79 Å². The number of nitrogens with zero attached hydrogens (tertiary/aromatic N) is 2. The van der Waals surface area contributed by atoms with Gasteiger partial charge in [-0.1, -0.05) is 18.3 Å². The molecule has 3 N–H and O–H groups in total. The molecule has 0 fully saturated rings. The minimum atomic E-state index is -0.146. The van der Waals surface area contributed by atoms with Crippen molar-refractivity contribution in [3.8, 4) is 0 Å². The Balaban J connectivity index is 2.18. The minimum Gasteiger partial charge on any atom is -0.375 e. The van der Waals surface area contributed by atoms with E-state index in [4.69, 9.17) is 5.73 Å². The highest BCUT2D eigenvalue weighted by atomic mass is 32.1. The topological polar surface area (TPSA) is 80.9 Å². The van der Waals surface area contributed by atoms with E-state index < -0.39 is 0 Å². The molecule has 2 aromatic heterocycles. The van der Waals surface area contributed by atoms with Crippen LogP contribution in [0, 0.1) is 13.8 Å². The Kier molecular flexibility index (Phi) is 4.34. The largest absolute Gasteiger partial charge is 0.375 e. The van der Waals surface area contributed by atoms with Crippen LogP contribution in [0.3, 0.4) is 0 Å². The summed E-state index contributed by atoms with van der Waals surface area (Å²) in [7, 11) is 0. The van der Waals surface area contributed by atoms with Gasteiger partial charge in [-0.15, -0.1) is 0 Å². The number of amides is 1. The van der Waals surface area contributed by atoms with Gasteiger partial charge in [-0.05, 0) is 38.0 Å². The second kappa shape index (κ2) is 6.00. The van der Waals surface area contributed by atoms with E-state index >= 15 is 0 Å². The number of pyridine rings is 1. The number of thiazole rings is 1. The number of aromatic nitrogens is 2. The van der Waals surface area contributed by atoms with E-state index in [9.17, 15) is 4.79 Å². The van der Waals surface area contributed by atoms with Gasteiger partial charge >= 0.3 is 0 Å². The lowest BCUT2D eigenvalue weighted by Gasteiger charge is -2.16. The SMILES string of the molecule is CC[C@H](NC(=O)c1sc(N)nc1C)c1cc(C)ccn1. The van der Waals surface area contributed by atoms with Crippen molar-refractivity contribution in [3.05, 3.63) is 40.2 Å². The molecular formula is C14H18N4OS. The van der Waals surface area contributed by atoms with Gasteiger partial charge in [-0.25, -0.2) is 4.98 Å². The maximum atomic E-state index is 12.3. The lowest BCUT2D eigenvalue weighted by Crippen LogP contribution is -2.28. The Labute approximate surface area is 122 Å². The van der Waals surface area contributed by atoms with Gasteiger partial charge in [0.1, 0.15) is 4.88 Å². The van der Waals surface area contributed by atoms with E-state index in [2.05, 4.69) is 15.3 Å². The maximum absolute atomic E-state index is 12.3. The van der Waals surface area contributed by atoms with E-state index in [1.54, 1.807) is 13.1 Å². The Morgan fingerprint density at radius 3 is 2.80 bits per heavy atom. The highest BCUT2D eigenvalue weighted by molar-refractivity contribution is 7.17. The minimum absolute atomic E-state index is 0.106. The number of rotatable bonds is 4. The van der Waals surface area contributed by atoms with Gasteiger partial charge in [0.05, 0.1) is 17.4 Å². The maximum Gasteiger partial charge on any atom is 0.263 e. The molecule has 0 bridgehead atoms. The van der Waals surface area contributed by atoms with E-state index in [1.165, 1.54) is 11.3 Å². The summed E-state index contributed by atoms with van der Waals surface area (Å²) in [6.07, 6.45) is 2.53. The predicted molar refractivity (Wildman–Crippen MR) is 80.7 cm³/mol. The third-order valence-electron chi connectivity index (χ3n) is 3.03. The zero-order chi connectivity index (χ0) is 14.7. The molecule has 6 heteroatoms. The monoisotopic (exact) mass is 290 g/mol. The normalized spacial score (nSPS) is 12.2. The average Bonchev–Trinajstić information content (AvgIpc) is 2.75. The van der Waals surface area contributed by atoms with E-state index in [0.29, 0.717) is 15.7 Å². The molecule has 0 aliphatic carbocycles. The zero-order valence-corrected chi connectivity index (χ0v) is 12.6. The number of nitrogens with one attached hydrogen (secondary N) is 1. The third kappa shape index (κ3) is 3.14. The fourth-order valence-electron chi connectivity index (χ4n) is 1.99. The molecule has 2 rings (SSSR count). The molecule has 0 aliphatic rings. The summed E-state index contributed by atoms with van der Waals surface area (Å²) in [5, 5.41) is 3.41. The Bertz CT molecular complexity index is 623. The summed E-state index contributed by atoms with van der Waals surface area (Å²) < 4.78 is 0. The fraction of sp³-hybridized carbons (Fsp3) is 0.357. The first-order valence-corrected chi connectivity index (χ1v) is 7.29. The Morgan fingerprint density at radius 1 is 1.50 bits per heavy atom. The molecule has 5 nitrogen and oxygen atoms in total. The van der Waals surface area contributed by atoms with Crippen LogP contribution in [0.4, 0.5) is 5.13 Å². The lowest BCUT2D eigenvalue weighted by atomic mass is 10.1. The molecule has 1 atom stereocenters. The van der Waals surface area contributed by atoms with Crippen molar-refractivity contribution in [1.82, 2.24) is 15.3 Å². The van der Waals surface area contributed by atoms with Crippen LogP contribution in [0.1, 0.15) is 46.0 Å². The molecule has 0 radical (unpaired) electrons. The molecule has 0 aromatic carbocycles. The van der Waals surface area contributed by atoms with Crippen LogP contribution >= 0.6 is 11.3 Å². The van der Waals surface area contributed by atoms with Gasteiger partial charge in [0, 0.05) is 6.20 Å². The average molecular weight is 290 g/mol. The van der Waals surface area contributed by atoms with E-state index in [-0.39, 0.29) is 11.9 Å². The summed E-state index contributed by atoms with van der Waals surface area (Å²) in [5.74, 6) is -0.146. The molecule has 2 aromatic rings. The van der Waals surface area contributed by atoms with Gasteiger partial charge in [0.15, 0.2) is 5.13 Å². The zero-order valence-electron chi connectivity index (χ0n) is 11.8. The number of aryl methyl sites for hydroxylation is 2. The third-order valence-corrected chi connectivity index (χ3v) is 4.01. The standard InChI is InChI=1S/C14H18N4OS/c1-4-10(11-7-8(2)5-6-16-11)18-13(19)12-9(3)17-14(15)20-12/h5-7,10H,4H2,1-3H3,(H2,15,17)(H,18,19)/t10-/m0/s1. The Hall–Kier alpha value is -1.95.